The van der Waals surface area contributed by atoms with Crippen molar-refractivity contribution in [3.05, 3.63) is 86.9 Å². The molecule has 5 rings (SSSR count). The maximum absolute atomic E-state index is 13.0. The van der Waals surface area contributed by atoms with Crippen LogP contribution in [-0.4, -0.2) is 24.3 Å². The lowest BCUT2D eigenvalue weighted by Gasteiger charge is -2.30. The van der Waals surface area contributed by atoms with Crippen LogP contribution in [0, 0.1) is 0 Å². The van der Waals surface area contributed by atoms with Crippen LogP contribution >= 0.6 is 23.2 Å². The van der Waals surface area contributed by atoms with Crippen molar-refractivity contribution in [1.82, 2.24) is 0 Å². The predicted molar refractivity (Wildman–Crippen MR) is 149 cm³/mol. The molecule has 194 valence electrons. The molecule has 38 heavy (non-hydrogen) atoms. The number of nitrogens with zero attached hydrogens (tertiary/aromatic N) is 2. The predicted octanol–water partition coefficient (Wildman–Crippen LogP) is 6.02. The Morgan fingerprint density at radius 3 is 2.55 bits per heavy atom. The van der Waals surface area contributed by atoms with Crippen molar-refractivity contribution in [2.45, 2.75) is 26.7 Å². The average molecular weight is 551 g/mol. The number of nitrogens with two attached hydrogens (primary N) is 1. The smallest absolute Gasteiger partial charge is 0.264 e. The van der Waals surface area contributed by atoms with Crippen molar-refractivity contribution < 1.29 is 19.1 Å². The minimum atomic E-state index is -0.633. The number of nitrogens with one attached hydrogen (secondary N) is 1. The molecule has 0 fully saturated rings. The number of carbonyl (C=O) groups is 2. The van der Waals surface area contributed by atoms with E-state index in [-0.39, 0.29) is 23.4 Å². The number of allylic oxidation sites excluding steroid dienone is 1. The zero-order valence-corrected chi connectivity index (χ0v) is 22.2. The number of hydrogen-bond acceptors (Lipinski definition) is 6. The number of rotatable bonds is 6. The first-order valence-corrected chi connectivity index (χ1v) is 12.6. The van der Waals surface area contributed by atoms with E-state index in [1.165, 1.54) is 6.07 Å². The molecule has 3 aromatic rings. The first kappa shape index (κ1) is 25.6. The highest BCUT2D eigenvalue weighted by Gasteiger charge is 2.26. The van der Waals surface area contributed by atoms with Crippen molar-refractivity contribution in [3.8, 4) is 11.5 Å². The van der Waals surface area contributed by atoms with E-state index in [9.17, 15) is 9.59 Å². The number of benzene rings is 3. The maximum atomic E-state index is 13.0. The molecular weight excluding hydrogens is 527 g/mol. The zero-order chi connectivity index (χ0) is 27.0. The number of halogens is 2. The number of hydrazone groups is 1. The molecule has 3 N–H and O–H groups in total. The number of carbonyl (C=O) groups excluding carboxylic acids is 2. The minimum absolute atomic E-state index is 0.133. The van der Waals surface area contributed by atoms with E-state index in [2.05, 4.69) is 10.4 Å². The fraction of sp³-hybridized carbons (Fsp3) is 0.179. The van der Waals surface area contributed by atoms with Crippen LogP contribution in [-0.2, 0) is 11.2 Å². The van der Waals surface area contributed by atoms with Gasteiger partial charge in [-0.15, -0.1) is 0 Å². The third-order valence-corrected chi connectivity index (χ3v) is 6.94. The van der Waals surface area contributed by atoms with Crippen LogP contribution < -0.4 is 25.5 Å². The molecule has 0 spiro atoms. The van der Waals surface area contributed by atoms with E-state index in [0.29, 0.717) is 33.5 Å². The van der Waals surface area contributed by atoms with Gasteiger partial charge in [0.25, 0.3) is 11.8 Å². The molecule has 1 aliphatic carbocycles. The van der Waals surface area contributed by atoms with Crippen LogP contribution in [0.5, 0.6) is 11.5 Å². The molecule has 1 heterocycles. The number of amides is 2. The number of anilines is 2. The van der Waals surface area contributed by atoms with E-state index in [1.807, 2.05) is 37.3 Å². The summed E-state index contributed by atoms with van der Waals surface area (Å²) in [5.74, 6) is 0.213. The summed E-state index contributed by atoms with van der Waals surface area (Å²) in [5.41, 5.74) is 11.0. The van der Waals surface area contributed by atoms with Crippen LogP contribution in [0.2, 0.25) is 10.0 Å². The average Bonchev–Trinajstić information content (AvgIpc) is 3.35. The largest absolute Gasteiger partial charge is 0.454 e. The van der Waals surface area contributed by atoms with Gasteiger partial charge in [0.2, 0.25) is 6.79 Å². The molecule has 0 unspecified atom stereocenters. The van der Waals surface area contributed by atoms with Gasteiger partial charge in [0.1, 0.15) is 5.71 Å². The molecule has 0 atom stereocenters. The molecule has 2 aliphatic rings. The van der Waals surface area contributed by atoms with E-state index in [4.69, 9.17) is 38.4 Å². The second-order valence-corrected chi connectivity index (χ2v) is 9.82. The Labute approximate surface area is 229 Å². The van der Waals surface area contributed by atoms with Gasteiger partial charge < -0.3 is 20.5 Å². The SMILES string of the molecule is CC1=C(N(/N=C(\C)C(N)=O)c2ccc3c(c2)OCO3)c2cc(NC(=O)c3ccc(Cl)cc3Cl)ccc2CC1. The number of primary amides is 1. The summed E-state index contributed by atoms with van der Waals surface area (Å²) in [6, 6.07) is 15.9. The summed E-state index contributed by atoms with van der Waals surface area (Å²) < 4.78 is 11.0. The molecule has 0 saturated carbocycles. The van der Waals surface area contributed by atoms with Crippen molar-refractivity contribution in [1.29, 1.82) is 0 Å². The van der Waals surface area contributed by atoms with E-state index in [1.54, 1.807) is 30.1 Å². The summed E-state index contributed by atoms with van der Waals surface area (Å²) in [5, 5.41) is 9.92. The van der Waals surface area contributed by atoms with Gasteiger partial charge in [-0.3, -0.25) is 9.59 Å². The van der Waals surface area contributed by atoms with Crippen molar-refractivity contribution in [2.24, 2.45) is 10.8 Å². The van der Waals surface area contributed by atoms with Gasteiger partial charge in [-0.25, -0.2) is 5.01 Å². The Balaban J connectivity index is 1.57. The Morgan fingerprint density at radius 1 is 1.00 bits per heavy atom. The molecule has 8 nitrogen and oxygen atoms in total. The lowest BCUT2D eigenvalue weighted by molar-refractivity contribution is -0.112. The van der Waals surface area contributed by atoms with Gasteiger partial charge in [0, 0.05) is 22.3 Å². The summed E-state index contributed by atoms with van der Waals surface area (Å²) in [7, 11) is 0. The lowest BCUT2D eigenvalue weighted by Crippen LogP contribution is -2.27. The highest BCUT2D eigenvalue weighted by molar-refractivity contribution is 6.38. The summed E-state index contributed by atoms with van der Waals surface area (Å²) >= 11 is 12.2. The maximum Gasteiger partial charge on any atom is 0.264 e. The van der Waals surface area contributed by atoms with Crippen molar-refractivity contribution >= 4 is 57.8 Å². The van der Waals surface area contributed by atoms with Crippen LogP contribution in [0.1, 0.15) is 41.8 Å². The number of aryl methyl sites for hydroxylation is 1. The molecule has 1 aliphatic heterocycles. The zero-order valence-electron chi connectivity index (χ0n) is 20.7. The number of hydrogen-bond donors (Lipinski definition) is 2. The third kappa shape index (κ3) is 5.05. The lowest BCUT2D eigenvalue weighted by atomic mass is 9.89. The van der Waals surface area contributed by atoms with Crippen LogP contribution in [0.4, 0.5) is 11.4 Å². The molecule has 0 radical (unpaired) electrons. The summed E-state index contributed by atoms with van der Waals surface area (Å²) in [6.07, 6.45) is 1.61. The van der Waals surface area contributed by atoms with Crippen molar-refractivity contribution in [2.75, 3.05) is 17.1 Å². The van der Waals surface area contributed by atoms with Gasteiger partial charge in [0.05, 0.1) is 22.0 Å². The fourth-order valence-electron chi connectivity index (χ4n) is 4.38. The molecule has 3 aromatic carbocycles. The molecule has 0 saturated heterocycles. The van der Waals surface area contributed by atoms with Gasteiger partial charge in [0.15, 0.2) is 11.5 Å². The Kier molecular flexibility index (Phi) is 7.01. The second-order valence-electron chi connectivity index (χ2n) is 8.98. The standard InChI is InChI=1S/C28H24Cl2N4O4/c1-15-3-4-17-5-7-19(32-28(36)21-9-6-18(29)11-23(21)30)12-22(17)26(15)34(33-16(2)27(31)35)20-8-10-24-25(13-20)38-14-37-24/h5-13H,3-4,14H2,1-2H3,(H2,31,35)(H,32,36)/b33-16+. The van der Waals surface area contributed by atoms with E-state index >= 15 is 0 Å². The normalized spacial score (nSPS) is 14.3. The quantitative estimate of drug-likeness (QED) is 0.288. The van der Waals surface area contributed by atoms with Gasteiger partial charge in [-0.05, 0) is 80.3 Å². The second kappa shape index (κ2) is 10.4. The monoisotopic (exact) mass is 550 g/mol. The summed E-state index contributed by atoms with van der Waals surface area (Å²) in [4.78, 5) is 24.9. The number of ether oxygens (including phenoxy) is 2. The number of fused-ring (bicyclic) bond motifs is 2. The fourth-order valence-corrected chi connectivity index (χ4v) is 4.88. The van der Waals surface area contributed by atoms with E-state index in [0.717, 1.165) is 35.2 Å². The first-order valence-electron chi connectivity index (χ1n) is 11.9. The highest BCUT2D eigenvalue weighted by Crippen LogP contribution is 2.41. The minimum Gasteiger partial charge on any atom is -0.454 e. The third-order valence-electron chi connectivity index (χ3n) is 6.39. The highest BCUT2D eigenvalue weighted by atomic mass is 35.5. The summed E-state index contributed by atoms with van der Waals surface area (Å²) in [6.45, 7) is 3.72. The molecule has 0 bridgehead atoms. The van der Waals surface area contributed by atoms with E-state index < -0.39 is 5.91 Å². The Morgan fingerprint density at radius 2 is 1.79 bits per heavy atom. The Hall–Kier alpha value is -4.01. The van der Waals surface area contributed by atoms with Crippen LogP contribution in [0.25, 0.3) is 5.70 Å². The van der Waals surface area contributed by atoms with Gasteiger partial charge in [-0.1, -0.05) is 29.3 Å². The van der Waals surface area contributed by atoms with Crippen LogP contribution in [0.15, 0.2) is 65.3 Å². The van der Waals surface area contributed by atoms with Gasteiger partial charge in [-0.2, -0.15) is 5.10 Å². The van der Waals surface area contributed by atoms with Crippen LogP contribution in [0.3, 0.4) is 0 Å². The molecule has 0 aromatic heterocycles. The molecule has 2 amide bonds. The Bertz CT molecular complexity index is 1530. The molecular formula is C28H24Cl2N4O4. The first-order chi connectivity index (χ1) is 18.2. The van der Waals surface area contributed by atoms with Gasteiger partial charge >= 0.3 is 0 Å². The topological polar surface area (TPSA) is 106 Å². The van der Waals surface area contributed by atoms with Crippen molar-refractivity contribution in [3.63, 3.8) is 0 Å². The molecule has 10 heteroatoms.